The summed E-state index contributed by atoms with van der Waals surface area (Å²) in [6, 6.07) is -0.130. The second-order valence-electron chi connectivity index (χ2n) is 11.1. The van der Waals surface area contributed by atoms with Crippen LogP contribution < -0.4 is 5.73 Å². The Morgan fingerprint density at radius 1 is 1.29 bits per heavy atom. The molecular weight excluding hydrogens is 464 g/mol. The molecule has 1 aliphatic rings. The Labute approximate surface area is 213 Å². The summed E-state index contributed by atoms with van der Waals surface area (Å²) in [6.45, 7) is 13.3. The number of carbonyl (C=O) groups is 3. The van der Waals surface area contributed by atoms with Crippen LogP contribution in [0.4, 0.5) is 0 Å². The van der Waals surface area contributed by atoms with Gasteiger partial charge in [0.2, 0.25) is 0 Å². The molecule has 2 heterocycles. The third kappa shape index (κ3) is 8.62. The molecule has 8 heteroatoms. The lowest BCUT2D eigenvalue weighted by Gasteiger charge is -2.27. The lowest BCUT2D eigenvalue weighted by atomic mass is 9.75. The van der Waals surface area contributed by atoms with Gasteiger partial charge in [0.05, 0.1) is 22.4 Å². The molecule has 1 aromatic rings. The van der Waals surface area contributed by atoms with Gasteiger partial charge in [-0.25, -0.2) is 4.98 Å². The van der Waals surface area contributed by atoms with Gasteiger partial charge in [-0.05, 0) is 52.5 Å². The SMILES string of the molecule is CC(=Cc1csc(C)n1)[C@@H](N)C[C@@H]1O[C@]1(C)CCC(=O)[C@H](C)C[C@@H](C)C(=O)C(C)(C)CCC(=O)O. The Balaban J connectivity index is 1.79. The zero-order valence-corrected chi connectivity index (χ0v) is 23.0. The van der Waals surface area contributed by atoms with Gasteiger partial charge < -0.3 is 15.6 Å². The van der Waals surface area contributed by atoms with Crippen LogP contribution in [0.2, 0.25) is 0 Å². The van der Waals surface area contributed by atoms with Crippen LogP contribution in [-0.2, 0) is 19.1 Å². The van der Waals surface area contributed by atoms with Crippen molar-refractivity contribution in [3.63, 3.8) is 0 Å². The van der Waals surface area contributed by atoms with E-state index in [1.807, 2.05) is 46.1 Å². The molecule has 0 aromatic carbocycles. The van der Waals surface area contributed by atoms with Crippen molar-refractivity contribution >= 4 is 34.9 Å². The number of aromatic nitrogens is 1. The van der Waals surface area contributed by atoms with E-state index in [0.717, 1.165) is 16.3 Å². The van der Waals surface area contributed by atoms with Crippen LogP contribution in [0, 0.1) is 24.2 Å². The fraction of sp³-hybridized carbons (Fsp3) is 0.704. The highest BCUT2D eigenvalue weighted by atomic mass is 32.1. The average Bonchev–Trinajstić information content (AvgIpc) is 3.22. The van der Waals surface area contributed by atoms with Crippen LogP contribution >= 0.6 is 11.3 Å². The third-order valence-corrected chi connectivity index (χ3v) is 8.10. The number of rotatable bonds is 15. The molecule has 5 atom stereocenters. The number of carboxylic acid groups (broad SMARTS) is 1. The Hall–Kier alpha value is -1.90. The molecule has 0 bridgehead atoms. The first-order valence-corrected chi connectivity index (χ1v) is 13.3. The Morgan fingerprint density at radius 2 is 1.94 bits per heavy atom. The molecule has 0 saturated carbocycles. The Kier molecular flexibility index (Phi) is 9.96. The maximum atomic E-state index is 12.8. The molecule has 35 heavy (non-hydrogen) atoms. The monoisotopic (exact) mass is 506 g/mol. The van der Waals surface area contributed by atoms with Gasteiger partial charge in [0.1, 0.15) is 11.6 Å². The number of thiazole rings is 1. The number of ether oxygens (including phenoxy) is 1. The smallest absolute Gasteiger partial charge is 0.303 e. The number of hydrogen-bond donors (Lipinski definition) is 2. The van der Waals surface area contributed by atoms with Crippen LogP contribution in [0.5, 0.6) is 0 Å². The zero-order chi connectivity index (χ0) is 26.6. The lowest BCUT2D eigenvalue weighted by Crippen LogP contribution is -2.32. The largest absolute Gasteiger partial charge is 0.481 e. The van der Waals surface area contributed by atoms with Gasteiger partial charge in [0.25, 0.3) is 0 Å². The number of aliphatic carboxylic acids is 1. The van der Waals surface area contributed by atoms with Crippen molar-refractivity contribution in [2.75, 3.05) is 0 Å². The summed E-state index contributed by atoms with van der Waals surface area (Å²) in [5, 5.41) is 12.0. The first-order chi connectivity index (χ1) is 16.1. The number of nitrogens with zero attached hydrogens (tertiary/aromatic N) is 1. The third-order valence-electron chi connectivity index (χ3n) is 7.30. The van der Waals surface area contributed by atoms with Crippen molar-refractivity contribution in [2.24, 2.45) is 23.0 Å². The van der Waals surface area contributed by atoms with E-state index in [-0.39, 0.29) is 47.6 Å². The van der Waals surface area contributed by atoms with Gasteiger partial charge in [-0.1, -0.05) is 33.3 Å². The summed E-state index contributed by atoms with van der Waals surface area (Å²) < 4.78 is 5.94. The standard InChI is InChI=1S/C27H42N2O5S/c1-16(13-20-15-35-19(4)29-20)21(28)14-23-27(7,34-23)11-8-22(30)17(2)12-18(3)25(33)26(5,6)10-9-24(31)32/h13,15,17-18,21,23H,8-12,14,28H2,1-7H3,(H,31,32)/t17-,18-,21+,23+,27-/m1/s1. The van der Waals surface area contributed by atoms with E-state index in [1.54, 1.807) is 25.2 Å². The zero-order valence-electron chi connectivity index (χ0n) is 22.2. The molecule has 0 unspecified atom stereocenters. The number of ketones is 2. The van der Waals surface area contributed by atoms with Gasteiger partial charge in [-0.2, -0.15) is 0 Å². The Bertz CT molecular complexity index is 953. The summed E-state index contributed by atoms with van der Waals surface area (Å²) in [5.74, 6) is -1.30. The second-order valence-corrected chi connectivity index (χ2v) is 12.1. The van der Waals surface area contributed by atoms with E-state index < -0.39 is 11.4 Å². The fourth-order valence-electron chi connectivity index (χ4n) is 4.61. The summed E-state index contributed by atoms with van der Waals surface area (Å²) in [4.78, 5) is 41.0. The predicted octanol–water partition coefficient (Wildman–Crippen LogP) is 5.20. The highest BCUT2D eigenvalue weighted by Gasteiger charge is 2.52. The summed E-state index contributed by atoms with van der Waals surface area (Å²) >= 11 is 1.61. The fourth-order valence-corrected chi connectivity index (χ4v) is 5.18. The number of epoxide rings is 1. The number of carbonyl (C=O) groups excluding carboxylic acids is 2. The van der Waals surface area contributed by atoms with Gasteiger partial charge in [-0.15, -0.1) is 11.3 Å². The van der Waals surface area contributed by atoms with E-state index in [4.69, 9.17) is 15.6 Å². The van der Waals surface area contributed by atoms with Crippen molar-refractivity contribution in [1.82, 2.24) is 4.98 Å². The van der Waals surface area contributed by atoms with E-state index in [2.05, 4.69) is 4.98 Å². The maximum absolute atomic E-state index is 12.8. The molecule has 1 aromatic heterocycles. The van der Waals surface area contributed by atoms with Crippen molar-refractivity contribution in [3.8, 4) is 0 Å². The molecule has 196 valence electrons. The van der Waals surface area contributed by atoms with Crippen molar-refractivity contribution in [2.45, 2.75) is 105 Å². The van der Waals surface area contributed by atoms with Gasteiger partial charge in [0.15, 0.2) is 0 Å². The minimum absolute atomic E-state index is 0.0150. The molecule has 0 aliphatic carbocycles. The molecule has 7 nitrogen and oxygen atoms in total. The van der Waals surface area contributed by atoms with Gasteiger partial charge in [-0.3, -0.25) is 14.4 Å². The molecular formula is C27H42N2O5S. The summed E-state index contributed by atoms with van der Waals surface area (Å²) in [7, 11) is 0. The molecule has 0 radical (unpaired) electrons. The number of nitrogens with two attached hydrogens (primary N) is 1. The predicted molar refractivity (Wildman–Crippen MR) is 139 cm³/mol. The minimum Gasteiger partial charge on any atom is -0.481 e. The number of hydrogen-bond acceptors (Lipinski definition) is 7. The van der Waals surface area contributed by atoms with Crippen molar-refractivity contribution < 1.29 is 24.2 Å². The highest BCUT2D eigenvalue weighted by Crippen LogP contribution is 2.43. The summed E-state index contributed by atoms with van der Waals surface area (Å²) in [6.07, 6.45) is 4.51. The van der Waals surface area contributed by atoms with E-state index in [9.17, 15) is 14.4 Å². The van der Waals surface area contributed by atoms with Crippen molar-refractivity contribution in [3.05, 3.63) is 21.7 Å². The molecule has 0 amide bonds. The summed E-state index contributed by atoms with van der Waals surface area (Å²) in [5.41, 5.74) is 7.32. The van der Waals surface area contributed by atoms with Crippen LogP contribution in [0.1, 0.15) is 90.8 Å². The second kappa shape index (κ2) is 11.9. The van der Waals surface area contributed by atoms with Crippen LogP contribution in [0.25, 0.3) is 6.08 Å². The topological polar surface area (TPSA) is 123 Å². The molecule has 1 aliphatic heterocycles. The lowest BCUT2D eigenvalue weighted by molar-refractivity contribution is -0.138. The van der Waals surface area contributed by atoms with Crippen LogP contribution in [0.15, 0.2) is 11.0 Å². The normalized spacial score (nSPS) is 23.0. The quantitative estimate of drug-likeness (QED) is 0.313. The molecule has 2 rings (SSSR count). The maximum Gasteiger partial charge on any atom is 0.303 e. The number of carboxylic acids is 1. The van der Waals surface area contributed by atoms with Gasteiger partial charge in [0, 0.05) is 41.5 Å². The number of Topliss-reactive ketones (excluding diaryl/α,β-unsaturated/α-hetero) is 2. The minimum atomic E-state index is -0.905. The first-order valence-electron chi connectivity index (χ1n) is 12.5. The molecule has 1 fully saturated rings. The first kappa shape index (κ1) is 29.3. The van der Waals surface area contributed by atoms with E-state index >= 15 is 0 Å². The molecule has 0 spiro atoms. The Morgan fingerprint density at radius 3 is 2.51 bits per heavy atom. The van der Waals surface area contributed by atoms with Crippen LogP contribution in [-0.4, -0.2) is 45.4 Å². The molecule has 1 saturated heterocycles. The average molecular weight is 507 g/mol. The highest BCUT2D eigenvalue weighted by molar-refractivity contribution is 7.09. The number of aryl methyl sites for hydroxylation is 1. The van der Waals surface area contributed by atoms with E-state index in [1.165, 1.54) is 0 Å². The van der Waals surface area contributed by atoms with E-state index in [0.29, 0.717) is 32.1 Å². The molecule has 3 N–H and O–H groups in total. The van der Waals surface area contributed by atoms with Crippen molar-refractivity contribution in [1.29, 1.82) is 0 Å². The van der Waals surface area contributed by atoms with Crippen LogP contribution in [0.3, 0.4) is 0 Å². The van der Waals surface area contributed by atoms with Gasteiger partial charge >= 0.3 is 5.97 Å².